The summed E-state index contributed by atoms with van der Waals surface area (Å²) in [5, 5.41) is 11.6. The highest BCUT2D eigenvalue weighted by molar-refractivity contribution is 5.96. The van der Waals surface area contributed by atoms with Crippen LogP contribution in [0.2, 0.25) is 0 Å². The average molecular weight is 345 g/mol. The summed E-state index contributed by atoms with van der Waals surface area (Å²) in [5.74, 6) is -0.0854. The Balaban J connectivity index is 1.88. The number of rotatable bonds is 3. The van der Waals surface area contributed by atoms with Crippen molar-refractivity contribution in [2.75, 3.05) is 24.5 Å². The first-order chi connectivity index (χ1) is 12.1. The molecule has 3 rings (SSSR count). The van der Waals surface area contributed by atoms with Crippen LogP contribution in [0.15, 0.2) is 18.2 Å². The first kappa shape index (κ1) is 17.7. The molecule has 0 bridgehead atoms. The Hall–Kier alpha value is -2.11. The lowest BCUT2D eigenvalue weighted by atomic mass is 10.0. The Labute approximate surface area is 148 Å². The molecule has 1 aromatic carbocycles. The predicted molar refractivity (Wildman–Crippen MR) is 98.1 cm³/mol. The van der Waals surface area contributed by atoms with Crippen LogP contribution in [0.25, 0.3) is 0 Å². The molecule has 2 aliphatic heterocycles. The van der Waals surface area contributed by atoms with Crippen molar-refractivity contribution in [3.05, 3.63) is 33.9 Å². The van der Waals surface area contributed by atoms with Crippen molar-refractivity contribution < 1.29 is 9.72 Å². The van der Waals surface area contributed by atoms with Crippen LogP contribution < -0.4 is 4.90 Å². The molecule has 0 N–H and O–H groups in total. The lowest BCUT2D eigenvalue weighted by Gasteiger charge is -2.33. The van der Waals surface area contributed by atoms with Crippen molar-refractivity contribution >= 4 is 17.3 Å². The van der Waals surface area contributed by atoms with Crippen LogP contribution in [0.1, 0.15) is 62.2 Å². The fourth-order valence-corrected chi connectivity index (χ4v) is 3.95. The molecule has 0 unspecified atom stereocenters. The van der Waals surface area contributed by atoms with Crippen molar-refractivity contribution in [2.24, 2.45) is 0 Å². The maximum Gasteiger partial charge on any atom is 0.293 e. The number of nitro benzene ring substituents is 1. The number of hydrogen-bond donors (Lipinski definition) is 0. The number of carbonyl (C=O) groups excluding carboxylic acids is 1. The second-order valence-corrected chi connectivity index (χ2v) is 7.21. The zero-order chi connectivity index (χ0) is 17.8. The predicted octanol–water partition coefficient (Wildman–Crippen LogP) is 3.99. The molecule has 136 valence electrons. The molecule has 0 radical (unpaired) electrons. The minimum atomic E-state index is -0.351. The summed E-state index contributed by atoms with van der Waals surface area (Å²) in [6.45, 7) is 4.48. The van der Waals surface area contributed by atoms with Gasteiger partial charge < -0.3 is 9.80 Å². The molecule has 1 amide bonds. The van der Waals surface area contributed by atoms with E-state index in [1.165, 1.54) is 18.9 Å². The molecule has 2 fully saturated rings. The fraction of sp³-hybridized carbons (Fsp3) is 0.632. The third-order valence-corrected chi connectivity index (χ3v) is 5.43. The zero-order valence-electron chi connectivity index (χ0n) is 14.9. The van der Waals surface area contributed by atoms with Crippen LogP contribution in [0.5, 0.6) is 0 Å². The SMILES string of the molecule is C[C@@H]1CCCCN1C(=O)c1ccc(N2CCCCCC2)c([N+](=O)[O-])c1. The maximum absolute atomic E-state index is 12.8. The van der Waals surface area contributed by atoms with Crippen LogP contribution in [0.3, 0.4) is 0 Å². The van der Waals surface area contributed by atoms with Gasteiger partial charge in [-0.25, -0.2) is 0 Å². The molecular formula is C19H27N3O3. The van der Waals surface area contributed by atoms with Gasteiger partial charge in [0.1, 0.15) is 5.69 Å². The summed E-state index contributed by atoms with van der Waals surface area (Å²) in [5.41, 5.74) is 1.13. The van der Waals surface area contributed by atoms with Gasteiger partial charge in [0.25, 0.3) is 11.6 Å². The Morgan fingerprint density at radius 2 is 1.76 bits per heavy atom. The molecule has 2 saturated heterocycles. The quantitative estimate of drug-likeness (QED) is 0.614. The third kappa shape index (κ3) is 3.94. The van der Waals surface area contributed by atoms with Crippen molar-refractivity contribution in [1.29, 1.82) is 0 Å². The number of hydrogen-bond acceptors (Lipinski definition) is 4. The minimum Gasteiger partial charge on any atom is -0.366 e. The lowest BCUT2D eigenvalue weighted by molar-refractivity contribution is -0.384. The van der Waals surface area contributed by atoms with Gasteiger partial charge in [-0.15, -0.1) is 0 Å². The molecule has 0 saturated carbocycles. The number of piperidine rings is 1. The summed E-state index contributed by atoms with van der Waals surface area (Å²) in [4.78, 5) is 28.0. The molecule has 1 atom stereocenters. The number of anilines is 1. The van der Waals surface area contributed by atoms with Crippen LogP contribution in [0, 0.1) is 10.1 Å². The molecule has 6 heteroatoms. The van der Waals surface area contributed by atoms with Gasteiger partial charge in [0.2, 0.25) is 0 Å². The van der Waals surface area contributed by atoms with E-state index >= 15 is 0 Å². The molecule has 6 nitrogen and oxygen atoms in total. The number of benzene rings is 1. The van der Waals surface area contributed by atoms with Crippen molar-refractivity contribution in [3.8, 4) is 0 Å². The second kappa shape index (κ2) is 7.85. The van der Waals surface area contributed by atoms with Gasteiger partial charge in [0.05, 0.1) is 4.92 Å². The van der Waals surface area contributed by atoms with Gasteiger partial charge >= 0.3 is 0 Å². The van der Waals surface area contributed by atoms with E-state index in [9.17, 15) is 14.9 Å². The average Bonchev–Trinajstić information content (AvgIpc) is 2.90. The largest absolute Gasteiger partial charge is 0.366 e. The minimum absolute atomic E-state index is 0.0532. The Morgan fingerprint density at radius 3 is 2.40 bits per heavy atom. The van der Waals surface area contributed by atoms with E-state index in [1.54, 1.807) is 12.1 Å². The van der Waals surface area contributed by atoms with E-state index in [4.69, 9.17) is 0 Å². The summed E-state index contributed by atoms with van der Waals surface area (Å²) >= 11 is 0. The number of nitro groups is 1. The standard InChI is InChI=1S/C19H27N3O3/c1-15-8-4-7-13-21(15)19(23)16-9-10-17(18(14-16)22(24)25)20-11-5-2-3-6-12-20/h9-10,14-15H,2-8,11-13H2,1H3/t15-/m1/s1. The number of nitrogens with zero attached hydrogens (tertiary/aromatic N) is 3. The fourth-order valence-electron chi connectivity index (χ4n) is 3.95. The van der Waals surface area contributed by atoms with Crippen LogP contribution >= 0.6 is 0 Å². The first-order valence-electron chi connectivity index (χ1n) is 9.42. The molecule has 1 aromatic rings. The van der Waals surface area contributed by atoms with E-state index in [2.05, 4.69) is 11.8 Å². The van der Waals surface area contributed by atoms with Crippen molar-refractivity contribution in [2.45, 2.75) is 57.9 Å². The van der Waals surface area contributed by atoms with Gasteiger partial charge in [-0.05, 0) is 51.2 Å². The molecule has 25 heavy (non-hydrogen) atoms. The van der Waals surface area contributed by atoms with Gasteiger partial charge in [-0.3, -0.25) is 14.9 Å². The van der Waals surface area contributed by atoms with Crippen LogP contribution in [0.4, 0.5) is 11.4 Å². The Bertz CT molecular complexity index is 639. The van der Waals surface area contributed by atoms with Gasteiger partial charge in [0.15, 0.2) is 0 Å². The summed E-state index contributed by atoms with van der Waals surface area (Å²) < 4.78 is 0. The zero-order valence-corrected chi connectivity index (χ0v) is 14.9. The Kier molecular flexibility index (Phi) is 5.56. The van der Waals surface area contributed by atoms with E-state index in [0.717, 1.165) is 51.7 Å². The van der Waals surface area contributed by atoms with Crippen LogP contribution in [-0.2, 0) is 0 Å². The highest BCUT2D eigenvalue weighted by Gasteiger charge is 2.27. The number of amides is 1. The Morgan fingerprint density at radius 1 is 1.08 bits per heavy atom. The topological polar surface area (TPSA) is 66.7 Å². The first-order valence-corrected chi connectivity index (χ1v) is 9.42. The van der Waals surface area contributed by atoms with E-state index in [0.29, 0.717) is 11.3 Å². The van der Waals surface area contributed by atoms with Crippen LogP contribution in [-0.4, -0.2) is 41.4 Å². The molecule has 0 aromatic heterocycles. The maximum atomic E-state index is 12.8. The van der Waals surface area contributed by atoms with Gasteiger partial charge in [-0.2, -0.15) is 0 Å². The summed E-state index contributed by atoms with van der Waals surface area (Å²) in [6.07, 6.45) is 7.61. The number of likely N-dealkylation sites (tertiary alicyclic amines) is 1. The van der Waals surface area contributed by atoms with E-state index in [-0.39, 0.29) is 22.6 Å². The molecular weight excluding hydrogens is 318 g/mol. The molecule has 2 heterocycles. The highest BCUT2D eigenvalue weighted by atomic mass is 16.6. The summed E-state index contributed by atoms with van der Waals surface area (Å²) in [6, 6.07) is 5.21. The molecule has 2 aliphatic rings. The highest BCUT2D eigenvalue weighted by Crippen LogP contribution is 2.32. The van der Waals surface area contributed by atoms with Crippen molar-refractivity contribution in [1.82, 2.24) is 4.90 Å². The summed E-state index contributed by atoms with van der Waals surface area (Å²) in [7, 11) is 0. The van der Waals surface area contributed by atoms with Gasteiger partial charge in [0, 0.05) is 37.3 Å². The lowest BCUT2D eigenvalue weighted by Crippen LogP contribution is -2.42. The smallest absolute Gasteiger partial charge is 0.293 e. The third-order valence-electron chi connectivity index (χ3n) is 5.43. The van der Waals surface area contributed by atoms with E-state index in [1.807, 2.05) is 4.90 Å². The molecule has 0 spiro atoms. The van der Waals surface area contributed by atoms with Crippen molar-refractivity contribution in [3.63, 3.8) is 0 Å². The molecule has 0 aliphatic carbocycles. The number of carbonyl (C=O) groups is 1. The monoisotopic (exact) mass is 345 g/mol. The van der Waals surface area contributed by atoms with Gasteiger partial charge in [-0.1, -0.05) is 12.8 Å². The normalized spacial score (nSPS) is 21.7. The second-order valence-electron chi connectivity index (χ2n) is 7.21. The van der Waals surface area contributed by atoms with E-state index < -0.39 is 0 Å².